The number of nitrogens with one attached hydrogen (secondary N) is 2. The number of sulfonamides is 1. The minimum atomic E-state index is -3.21. The number of rotatable bonds is 6. The maximum Gasteiger partial charge on any atom is 0.287 e. The number of hydrogen-bond acceptors (Lipinski definition) is 5. The van der Waals surface area contributed by atoms with Gasteiger partial charge in [0.15, 0.2) is 0 Å². The second-order valence-electron chi connectivity index (χ2n) is 3.59. The van der Waals surface area contributed by atoms with E-state index in [-0.39, 0.29) is 17.1 Å². The summed E-state index contributed by atoms with van der Waals surface area (Å²) in [5.74, 6) is 0. The smallest absolute Gasteiger partial charge is 0.287 e. The Labute approximate surface area is 110 Å². The monoisotopic (exact) mass is 294 g/mol. The first-order valence-electron chi connectivity index (χ1n) is 5.29. The Morgan fingerprint density at radius 1 is 1.44 bits per heavy atom. The van der Waals surface area contributed by atoms with Gasteiger partial charge in [0.05, 0.1) is 18.1 Å². The Balaban J connectivity index is 2.64. The van der Waals surface area contributed by atoms with Crippen molar-refractivity contribution in [3.8, 4) is 0 Å². The minimum Gasteiger partial charge on any atom is -0.381 e. The fourth-order valence-corrected chi connectivity index (χ4v) is 1.93. The number of hydrogen-bond donors (Lipinski definition) is 2. The van der Waals surface area contributed by atoms with Crippen LogP contribution < -0.4 is 15.6 Å². The van der Waals surface area contributed by atoms with E-state index in [0.29, 0.717) is 18.8 Å². The van der Waals surface area contributed by atoms with E-state index >= 15 is 0 Å². The van der Waals surface area contributed by atoms with E-state index < -0.39 is 10.0 Å². The maximum atomic E-state index is 11.6. The van der Waals surface area contributed by atoms with Gasteiger partial charge >= 0.3 is 0 Å². The molecule has 18 heavy (non-hydrogen) atoms. The molecule has 0 aliphatic heterocycles. The van der Waals surface area contributed by atoms with Crippen LogP contribution in [0.2, 0.25) is 5.02 Å². The summed E-state index contributed by atoms with van der Waals surface area (Å²) in [5.41, 5.74) is 0.0157. The van der Waals surface area contributed by atoms with E-state index in [1.807, 2.05) is 0 Å². The van der Waals surface area contributed by atoms with Crippen molar-refractivity contribution in [2.24, 2.45) is 0 Å². The van der Waals surface area contributed by atoms with E-state index in [9.17, 15) is 13.2 Å². The van der Waals surface area contributed by atoms with Gasteiger partial charge in [-0.05, 0) is 6.92 Å². The van der Waals surface area contributed by atoms with Gasteiger partial charge in [-0.2, -0.15) is 5.10 Å². The van der Waals surface area contributed by atoms with Crippen molar-refractivity contribution in [3.63, 3.8) is 0 Å². The van der Waals surface area contributed by atoms with Crippen molar-refractivity contribution >= 4 is 27.3 Å². The molecule has 0 atom stereocenters. The highest BCUT2D eigenvalue weighted by molar-refractivity contribution is 7.88. The largest absolute Gasteiger partial charge is 0.381 e. The third-order valence-electron chi connectivity index (χ3n) is 2.09. The lowest BCUT2D eigenvalue weighted by Crippen LogP contribution is -2.28. The molecule has 1 heterocycles. The molecule has 1 aromatic heterocycles. The molecular weight excluding hydrogens is 280 g/mol. The van der Waals surface area contributed by atoms with Crippen LogP contribution in [0, 0.1) is 0 Å². The zero-order valence-electron chi connectivity index (χ0n) is 10.1. The van der Waals surface area contributed by atoms with Crippen molar-refractivity contribution < 1.29 is 8.42 Å². The second-order valence-corrected chi connectivity index (χ2v) is 5.80. The molecule has 0 saturated carbocycles. The second kappa shape index (κ2) is 6.17. The van der Waals surface area contributed by atoms with Gasteiger partial charge in [-0.3, -0.25) is 4.79 Å². The van der Waals surface area contributed by atoms with Crippen LogP contribution in [0.15, 0.2) is 11.0 Å². The molecule has 0 spiro atoms. The Hall–Kier alpha value is -1.12. The molecule has 0 fully saturated rings. The van der Waals surface area contributed by atoms with Crippen LogP contribution in [-0.4, -0.2) is 37.5 Å². The number of halogens is 1. The zero-order chi connectivity index (χ0) is 13.8. The van der Waals surface area contributed by atoms with Crippen LogP contribution in [0.3, 0.4) is 0 Å². The fourth-order valence-electron chi connectivity index (χ4n) is 1.25. The quantitative estimate of drug-likeness (QED) is 0.714. The third kappa shape index (κ3) is 4.28. The summed E-state index contributed by atoms with van der Waals surface area (Å²) >= 11 is 5.87. The summed E-state index contributed by atoms with van der Waals surface area (Å²) in [7, 11) is -3.21. The molecular formula is C9H15ClN4O3S. The van der Waals surface area contributed by atoms with E-state index in [0.717, 1.165) is 6.26 Å². The van der Waals surface area contributed by atoms with Gasteiger partial charge in [0.25, 0.3) is 5.56 Å². The van der Waals surface area contributed by atoms with Gasteiger partial charge in [-0.25, -0.2) is 17.8 Å². The third-order valence-corrected chi connectivity index (χ3v) is 3.18. The summed E-state index contributed by atoms with van der Waals surface area (Å²) in [6.45, 7) is 2.73. The lowest BCUT2D eigenvalue weighted by Gasteiger charge is -2.09. The molecule has 0 saturated heterocycles. The van der Waals surface area contributed by atoms with Gasteiger partial charge in [0, 0.05) is 19.6 Å². The molecule has 102 valence electrons. The van der Waals surface area contributed by atoms with Crippen LogP contribution in [-0.2, 0) is 16.6 Å². The van der Waals surface area contributed by atoms with Crippen LogP contribution >= 0.6 is 11.6 Å². The summed E-state index contributed by atoms with van der Waals surface area (Å²) in [6, 6.07) is 0. The zero-order valence-corrected chi connectivity index (χ0v) is 11.7. The van der Waals surface area contributed by atoms with Crippen LogP contribution in [0.5, 0.6) is 0 Å². The first-order chi connectivity index (χ1) is 8.35. The first-order valence-corrected chi connectivity index (χ1v) is 7.56. The molecule has 0 radical (unpaired) electrons. The molecule has 9 heteroatoms. The molecule has 0 aliphatic rings. The van der Waals surface area contributed by atoms with Crippen molar-refractivity contribution in [3.05, 3.63) is 21.6 Å². The topological polar surface area (TPSA) is 93.1 Å². The highest BCUT2D eigenvalue weighted by Crippen LogP contribution is 2.14. The predicted molar refractivity (Wildman–Crippen MR) is 70.5 cm³/mol. The normalized spacial score (nSPS) is 11.5. The van der Waals surface area contributed by atoms with Crippen LogP contribution in [0.25, 0.3) is 0 Å². The highest BCUT2D eigenvalue weighted by atomic mass is 35.5. The van der Waals surface area contributed by atoms with Gasteiger partial charge in [0.1, 0.15) is 5.02 Å². The molecule has 2 N–H and O–H groups in total. The van der Waals surface area contributed by atoms with Crippen molar-refractivity contribution in [1.29, 1.82) is 0 Å². The fraction of sp³-hybridized carbons (Fsp3) is 0.556. The summed E-state index contributed by atoms with van der Waals surface area (Å²) in [4.78, 5) is 11.6. The predicted octanol–water partition coefficient (Wildman–Crippen LogP) is -0.122. The number of nitrogens with zero attached hydrogens (tertiary/aromatic N) is 2. The average Bonchev–Trinajstić information content (AvgIpc) is 2.28. The lowest BCUT2D eigenvalue weighted by molar-refractivity contribution is 0.589. The van der Waals surface area contributed by atoms with Crippen molar-refractivity contribution in [1.82, 2.24) is 14.5 Å². The SMILES string of the molecule is CCn1ncc(NCCNS(C)(=O)=O)c(Cl)c1=O. The molecule has 0 aliphatic carbocycles. The standard InChI is InChI=1S/C9H15ClN4O3S/c1-3-14-9(15)8(10)7(6-12-14)11-4-5-13-18(2,16)17/h6,11,13H,3-5H2,1-2H3. The Kier molecular flexibility index (Phi) is 5.12. The van der Waals surface area contributed by atoms with Crippen molar-refractivity contribution in [2.75, 3.05) is 24.7 Å². The van der Waals surface area contributed by atoms with Gasteiger partial charge in [-0.1, -0.05) is 11.6 Å². The Bertz CT molecular complexity index is 570. The maximum absolute atomic E-state index is 11.6. The number of aromatic nitrogens is 2. The first kappa shape index (κ1) is 14.9. The van der Waals surface area contributed by atoms with Gasteiger partial charge in [0.2, 0.25) is 10.0 Å². The van der Waals surface area contributed by atoms with E-state index in [1.54, 1.807) is 6.92 Å². The molecule has 0 amide bonds. The number of aryl methyl sites for hydroxylation is 1. The molecule has 0 aromatic carbocycles. The summed E-state index contributed by atoms with van der Waals surface area (Å²) < 4.78 is 25.2. The van der Waals surface area contributed by atoms with E-state index in [2.05, 4.69) is 15.1 Å². The van der Waals surface area contributed by atoms with Gasteiger partial charge < -0.3 is 5.32 Å². The van der Waals surface area contributed by atoms with Gasteiger partial charge in [-0.15, -0.1) is 0 Å². The molecule has 1 rings (SSSR count). The van der Waals surface area contributed by atoms with E-state index in [4.69, 9.17) is 11.6 Å². The Morgan fingerprint density at radius 3 is 2.67 bits per heavy atom. The summed E-state index contributed by atoms with van der Waals surface area (Å²) in [5, 5.41) is 6.79. The molecule has 7 nitrogen and oxygen atoms in total. The Morgan fingerprint density at radius 2 is 2.11 bits per heavy atom. The van der Waals surface area contributed by atoms with Crippen LogP contribution in [0.1, 0.15) is 6.92 Å². The van der Waals surface area contributed by atoms with E-state index in [1.165, 1.54) is 10.9 Å². The average molecular weight is 295 g/mol. The molecule has 0 bridgehead atoms. The van der Waals surface area contributed by atoms with Crippen molar-refractivity contribution in [2.45, 2.75) is 13.5 Å². The summed E-state index contributed by atoms with van der Waals surface area (Å²) in [6.07, 6.45) is 2.51. The minimum absolute atomic E-state index is 0.0474. The number of anilines is 1. The highest BCUT2D eigenvalue weighted by Gasteiger charge is 2.08. The lowest BCUT2D eigenvalue weighted by atomic mass is 10.4. The molecule has 0 unspecified atom stereocenters. The molecule has 1 aromatic rings. The van der Waals surface area contributed by atoms with Crippen LogP contribution in [0.4, 0.5) is 5.69 Å².